The van der Waals surface area contributed by atoms with E-state index in [1.807, 2.05) is 0 Å². The lowest BCUT2D eigenvalue weighted by atomic mass is 9.94. The zero-order valence-corrected chi connectivity index (χ0v) is 18.2. The molecule has 1 aliphatic heterocycles. The average Bonchev–Trinajstić information content (AvgIpc) is 3.23. The molecule has 2 aromatic heterocycles. The topological polar surface area (TPSA) is 84.7 Å². The Morgan fingerprint density at radius 2 is 1.85 bits per heavy atom. The number of hydrogen-bond acceptors (Lipinski definition) is 5. The number of rotatable bonds is 4. The van der Waals surface area contributed by atoms with E-state index in [4.69, 9.17) is 11.6 Å². The van der Waals surface area contributed by atoms with Gasteiger partial charge in [0.05, 0.1) is 5.57 Å². The number of fused-ring (bicyclic) bond motifs is 1. The first-order chi connectivity index (χ1) is 16.0. The lowest BCUT2D eigenvalue weighted by Crippen LogP contribution is -2.32. The van der Waals surface area contributed by atoms with Gasteiger partial charge in [0.2, 0.25) is 5.95 Å². The van der Waals surface area contributed by atoms with Crippen molar-refractivity contribution in [3.63, 3.8) is 0 Å². The monoisotopic (exact) mass is 460 g/mol. The van der Waals surface area contributed by atoms with Crippen LogP contribution in [0.2, 0.25) is 5.02 Å². The Labute approximate surface area is 194 Å². The third kappa shape index (κ3) is 3.96. The second kappa shape index (κ2) is 8.48. The summed E-state index contributed by atoms with van der Waals surface area (Å²) in [6, 6.07) is 17.8. The molecule has 2 aromatic carbocycles. The highest BCUT2D eigenvalue weighted by Crippen LogP contribution is 2.37. The summed E-state index contributed by atoms with van der Waals surface area (Å²) in [6.07, 6.45) is 1.58. The molecular weight excluding hydrogens is 443 g/mol. The van der Waals surface area contributed by atoms with Gasteiger partial charge in [-0.2, -0.15) is 4.98 Å². The Bertz CT molecular complexity index is 1370. The minimum Gasteiger partial charge on any atom is -0.328 e. The molecule has 1 aliphatic rings. The van der Waals surface area contributed by atoms with Crippen LogP contribution in [0.4, 0.5) is 16.2 Å². The highest BCUT2D eigenvalue weighted by Gasteiger charge is 2.36. The van der Waals surface area contributed by atoms with Gasteiger partial charge in [0, 0.05) is 28.0 Å². The lowest BCUT2D eigenvalue weighted by Gasteiger charge is -2.28. The molecule has 0 aliphatic carbocycles. The minimum atomic E-state index is -0.834. The van der Waals surface area contributed by atoms with Crippen molar-refractivity contribution in [2.45, 2.75) is 13.0 Å². The number of amides is 1. The van der Waals surface area contributed by atoms with Crippen LogP contribution in [0.15, 0.2) is 84.2 Å². The van der Waals surface area contributed by atoms with Crippen LogP contribution in [0.5, 0.6) is 0 Å². The molecule has 7 nitrogen and oxygen atoms in total. The second-order valence-corrected chi connectivity index (χ2v) is 7.90. The molecule has 164 valence electrons. The van der Waals surface area contributed by atoms with Gasteiger partial charge in [0.15, 0.2) is 5.82 Å². The predicted octanol–water partition coefficient (Wildman–Crippen LogP) is 5.06. The molecular formula is C24H18ClFN6O. The summed E-state index contributed by atoms with van der Waals surface area (Å²) in [5, 5.41) is 11.1. The van der Waals surface area contributed by atoms with Crippen molar-refractivity contribution >= 4 is 29.3 Å². The first-order valence-electron chi connectivity index (χ1n) is 10.2. The molecule has 3 heterocycles. The molecule has 33 heavy (non-hydrogen) atoms. The fourth-order valence-electron chi connectivity index (χ4n) is 3.77. The Morgan fingerprint density at radius 3 is 2.58 bits per heavy atom. The van der Waals surface area contributed by atoms with Gasteiger partial charge in [0.1, 0.15) is 17.7 Å². The maximum Gasteiger partial charge on any atom is 0.257 e. The standard InChI is InChI=1S/C24H18ClFN6O/c1-14-20(23(33)29-19-8-4-5-13-27-19)21(17-6-2-3-7-18(17)26)32-24(28-14)30-22(31-32)15-9-11-16(25)12-10-15/h2-13,21H,1H3,(H,27,29,33)(H,28,30,31). The Kier molecular flexibility index (Phi) is 5.35. The number of halogens is 2. The van der Waals surface area contributed by atoms with E-state index in [2.05, 4.69) is 25.7 Å². The highest BCUT2D eigenvalue weighted by atomic mass is 35.5. The number of benzene rings is 2. The number of allylic oxidation sites excluding steroid dienone is 1. The summed E-state index contributed by atoms with van der Waals surface area (Å²) in [7, 11) is 0. The van der Waals surface area contributed by atoms with E-state index in [1.165, 1.54) is 10.7 Å². The summed E-state index contributed by atoms with van der Waals surface area (Å²) in [4.78, 5) is 22.1. The van der Waals surface area contributed by atoms with Crippen LogP contribution in [0.1, 0.15) is 18.5 Å². The summed E-state index contributed by atoms with van der Waals surface area (Å²) in [5.74, 6) is 0.354. The molecule has 0 bridgehead atoms. The van der Waals surface area contributed by atoms with Crippen LogP contribution in [0.3, 0.4) is 0 Å². The molecule has 0 fully saturated rings. The Morgan fingerprint density at radius 1 is 1.09 bits per heavy atom. The SMILES string of the molecule is CC1=C(C(=O)Nc2ccccn2)C(c2ccccc2F)n2nc(-c3ccc(Cl)cc3)nc2N1. The number of nitrogens with zero attached hydrogens (tertiary/aromatic N) is 4. The molecule has 0 spiro atoms. The molecule has 0 saturated carbocycles. The van der Waals surface area contributed by atoms with E-state index in [9.17, 15) is 9.18 Å². The largest absolute Gasteiger partial charge is 0.328 e. The number of carbonyl (C=O) groups is 1. The fourth-order valence-corrected chi connectivity index (χ4v) is 3.90. The fraction of sp³-hybridized carbons (Fsp3) is 0.0833. The minimum absolute atomic E-state index is 0.304. The zero-order valence-electron chi connectivity index (χ0n) is 17.5. The van der Waals surface area contributed by atoms with Crippen molar-refractivity contribution in [2.75, 3.05) is 10.6 Å². The number of anilines is 2. The van der Waals surface area contributed by atoms with Crippen molar-refractivity contribution in [3.05, 3.63) is 101 Å². The van der Waals surface area contributed by atoms with Gasteiger partial charge in [-0.15, -0.1) is 5.10 Å². The lowest BCUT2D eigenvalue weighted by molar-refractivity contribution is -0.113. The van der Waals surface area contributed by atoms with Gasteiger partial charge >= 0.3 is 0 Å². The number of nitrogens with one attached hydrogen (secondary N) is 2. The van der Waals surface area contributed by atoms with E-state index >= 15 is 0 Å². The first-order valence-corrected chi connectivity index (χ1v) is 10.6. The van der Waals surface area contributed by atoms with Gasteiger partial charge in [-0.25, -0.2) is 14.1 Å². The van der Waals surface area contributed by atoms with E-state index < -0.39 is 17.8 Å². The normalized spacial score (nSPS) is 15.1. The zero-order chi connectivity index (χ0) is 22.9. The van der Waals surface area contributed by atoms with Crippen molar-refractivity contribution in [3.8, 4) is 11.4 Å². The average molecular weight is 461 g/mol. The third-order valence-electron chi connectivity index (χ3n) is 5.31. The molecule has 1 unspecified atom stereocenters. The van der Waals surface area contributed by atoms with Crippen LogP contribution >= 0.6 is 11.6 Å². The summed E-state index contributed by atoms with van der Waals surface area (Å²) < 4.78 is 16.5. The van der Waals surface area contributed by atoms with Gasteiger partial charge in [-0.1, -0.05) is 35.9 Å². The molecule has 9 heteroatoms. The molecule has 4 aromatic rings. The van der Waals surface area contributed by atoms with Gasteiger partial charge in [-0.3, -0.25) is 4.79 Å². The predicted molar refractivity (Wildman–Crippen MR) is 124 cm³/mol. The molecule has 1 amide bonds. The van der Waals surface area contributed by atoms with Gasteiger partial charge in [0.25, 0.3) is 5.91 Å². The molecule has 1 atom stereocenters. The van der Waals surface area contributed by atoms with E-state index in [1.54, 1.807) is 73.8 Å². The van der Waals surface area contributed by atoms with Crippen LogP contribution < -0.4 is 10.6 Å². The van der Waals surface area contributed by atoms with Crippen LogP contribution in [0, 0.1) is 5.82 Å². The summed E-state index contributed by atoms with van der Waals surface area (Å²) >= 11 is 6.00. The quantitative estimate of drug-likeness (QED) is 0.444. The second-order valence-electron chi connectivity index (χ2n) is 7.47. The molecule has 2 N–H and O–H groups in total. The van der Waals surface area contributed by atoms with Crippen LogP contribution in [-0.4, -0.2) is 25.7 Å². The Hall–Kier alpha value is -4.04. The van der Waals surface area contributed by atoms with Gasteiger partial charge in [-0.05, 0) is 49.4 Å². The highest BCUT2D eigenvalue weighted by molar-refractivity contribution is 6.30. The number of carbonyl (C=O) groups excluding carboxylic acids is 1. The van der Waals surface area contributed by atoms with Crippen LogP contribution in [-0.2, 0) is 4.79 Å². The smallest absolute Gasteiger partial charge is 0.257 e. The van der Waals surface area contributed by atoms with Crippen molar-refractivity contribution in [1.82, 2.24) is 19.7 Å². The number of hydrogen-bond donors (Lipinski definition) is 2. The summed E-state index contributed by atoms with van der Waals surface area (Å²) in [6.45, 7) is 1.75. The molecule has 0 saturated heterocycles. The van der Waals surface area contributed by atoms with Gasteiger partial charge < -0.3 is 10.6 Å². The van der Waals surface area contributed by atoms with E-state index in [0.29, 0.717) is 39.4 Å². The number of aromatic nitrogens is 4. The molecule has 0 radical (unpaired) electrons. The first kappa shape index (κ1) is 20.8. The summed E-state index contributed by atoms with van der Waals surface area (Å²) in [5.41, 5.74) is 1.90. The maximum atomic E-state index is 15.0. The molecule has 5 rings (SSSR count). The van der Waals surface area contributed by atoms with Crippen LogP contribution in [0.25, 0.3) is 11.4 Å². The maximum absolute atomic E-state index is 15.0. The van der Waals surface area contributed by atoms with E-state index in [-0.39, 0.29) is 0 Å². The van der Waals surface area contributed by atoms with E-state index in [0.717, 1.165) is 5.56 Å². The van der Waals surface area contributed by atoms with Crippen molar-refractivity contribution in [2.24, 2.45) is 0 Å². The van der Waals surface area contributed by atoms with Crippen molar-refractivity contribution < 1.29 is 9.18 Å². The van der Waals surface area contributed by atoms with Crippen molar-refractivity contribution in [1.29, 1.82) is 0 Å². The Balaban J connectivity index is 1.62. The number of pyridine rings is 1. The third-order valence-corrected chi connectivity index (χ3v) is 5.56.